The van der Waals surface area contributed by atoms with Crippen molar-refractivity contribution in [1.29, 1.82) is 0 Å². The van der Waals surface area contributed by atoms with Crippen molar-refractivity contribution in [3.8, 4) is 0 Å². The third-order valence-electron chi connectivity index (χ3n) is 4.82. The van der Waals surface area contributed by atoms with Gasteiger partial charge in [-0.1, -0.05) is 47.7 Å². The Hall–Kier alpha value is -2.27. The van der Waals surface area contributed by atoms with Gasteiger partial charge in [-0.15, -0.1) is 22.0 Å². The number of rotatable bonds is 8. The number of amides is 1. The van der Waals surface area contributed by atoms with Gasteiger partial charge >= 0.3 is 0 Å². The molecule has 0 saturated carbocycles. The molecule has 0 unspecified atom stereocenters. The van der Waals surface area contributed by atoms with E-state index in [2.05, 4.69) is 27.6 Å². The highest BCUT2D eigenvalue weighted by atomic mass is 32.2. The second-order valence-corrected chi connectivity index (χ2v) is 11.1. The standard InChI is InChI=1S/C21H22N4O3S3/c26-20(17-9-6-10-18(13-17)31(27,28)25-11-4-5-12-25)22-21-24-23-19(30-21)15-29-14-16-7-2-1-3-8-16/h1-3,6-10,13H,4-5,11-12,14-15H2,(H,22,24,26). The average Bonchev–Trinajstić information content (AvgIpc) is 3.47. The van der Waals surface area contributed by atoms with E-state index in [1.165, 1.54) is 33.3 Å². The first-order chi connectivity index (χ1) is 15.0. The van der Waals surface area contributed by atoms with E-state index < -0.39 is 15.9 Å². The largest absolute Gasteiger partial charge is 0.296 e. The number of nitrogens with one attached hydrogen (secondary N) is 1. The lowest BCUT2D eigenvalue weighted by molar-refractivity contribution is 0.102. The SMILES string of the molecule is O=C(Nc1nnc(CSCc2ccccc2)s1)c1cccc(S(=O)(=O)N2CCCC2)c1. The van der Waals surface area contributed by atoms with E-state index in [0.717, 1.165) is 23.6 Å². The lowest BCUT2D eigenvalue weighted by atomic mass is 10.2. The van der Waals surface area contributed by atoms with Gasteiger partial charge in [0.25, 0.3) is 5.91 Å². The minimum absolute atomic E-state index is 0.136. The van der Waals surface area contributed by atoms with E-state index in [9.17, 15) is 13.2 Å². The molecule has 0 atom stereocenters. The molecule has 7 nitrogen and oxygen atoms in total. The van der Waals surface area contributed by atoms with Gasteiger partial charge in [-0.3, -0.25) is 10.1 Å². The highest BCUT2D eigenvalue weighted by molar-refractivity contribution is 7.97. The van der Waals surface area contributed by atoms with Crippen LogP contribution in [0.5, 0.6) is 0 Å². The maximum atomic E-state index is 12.7. The molecule has 0 radical (unpaired) electrons. The molecule has 0 aliphatic carbocycles. The van der Waals surface area contributed by atoms with Gasteiger partial charge < -0.3 is 0 Å². The zero-order valence-corrected chi connectivity index (χ0v) is 19.2. The molecule has 1 aliphatic heterocycles. The predicted molar refractivity (Wildman–Crippen MR) is 124 cm³/mol. The Morgan fingerprint density at radius 2 is 1.81 bits per heavy atom. The van der Waals surface area contributed by atoms with Crippen molar-refractivity contribution in [2.45, 2.75) is 29.2 Å². The van der Waals surface area contributed by atoms with Crippen molar-refractivity contribution >= 4 is 44.2 Å². The normalized spacial score (nSPS) is 14.6. The van der Waals surface area contributed by atoms with Crippen LogP contribution in [0.2, 0.25) is 0 Å². The lowest BCUT2D eigenvalue weighted by Crippen LogP contribution is -2.28. The van der Waals surface area contributed by atoms with Crippen LogP contribution in [-0.4, -0.2) is 41.9 Å². The predicted octanol–water partition coefficient (Wildman–Crippen LogP) is 4.01. The summed E-state index contributed by atoms with van der Waals surface area (Å²) in [5.41, 5.74) is 1.52. The van der Waals surface area contributed by atoms with Crippen LogP contribution < -0.4 is 5.32 Å². The maximum Gasteiger partial charge on any atom is 0.257 e. The van der Waals surface area contributed by atoms with Crippen LogP contribution in [0.1, 0.15) is 33.8 Å². The van der Waals surface area contributed by atoms with Gasteiger partial charge in [-0.2, -0.15) is 4.31 Å². The Morgan fingerprint density at radius 1 is 1.03 bits per heavy atom. The first kappa shape index (κ1) is 21.9. The van der Waals surface area contributed by atoms with Crippen molar-refractivity contribution < 1.29 is 13.2 Å². The van der Waals surface area contributed by atoms with Crippen LogP contribution in [0.3, 0.4) is 0 Å². The number of carbonyl (C=O) groups excluding carboxylic acids is 1. The zero-order valence-electron chi connectivity index (χ0n) is 16.7. The lowest BCUT2D eigenvalue weighted by Gasteiger charge is -2.15. The molecule has 31 heavy (non-hydrogen) atoms. The highest BCUT2D eigenvalue weighted by Crippen LogP contribution is 2.24. The van der Waals surface area contributed by atoms with Gasteiger partial charge in [0, 0.05) is 30.2 Å². The van der Waals surface area contributed by atoms with Gasteiger partial charge in [0.1, 0.15) is 5.01 Å². The summed E-state index contributed by atoms with van der Waals surface area (Å²) in [6, 6.07) is 16.3. The number of sulfonamides is 1. The minimum Gasteiger partial charge on any atom is -0.296 e. The molecule has 0 bridgehead atoms. The number of hydrogen-bond acceptors (Lipinski definition) is 7. The number of anilines is 1. The number of nitrogens with zero attached hydrogens (tertiary/aromatic N) is 3. The zero-order chi connectivity index (χ0) is 21.7. The molecule has 1 N–H and O–H groups in total. The third-order valence-corrected chi connectivity index (χ3v) is 8.75. The Bertz CT molecular complexity index is 1140. The molecule has 10 heteroatoms. The maximum absolute atomic E-state index is 12.7. The quantitative estimate of drug-likeness (QED) is 0.530. The van der Waals surface area contributed by atoms with Crippen molar-refractivity contribution in [1.82, 2.24) is 14.5 Å². The van der Waals surface area contributed by atoms with Crippen molar-refractivity contribution in [2.75, 3.05) is 18.4 Å². The minimum atomic E-state index is -3.57. The fourth-order valence-electron chi connectivity index (χ4n) is 3.24. The van der Waals surface area contributed by atoms with Crippen LogP contribution >= 0.6 is 23.1 Å². The van der Waals surface area contributed by atoms with E-state index in [1.54, 1.807) is 23.9 Å². The monoisotopic (exact) mass is 474 g/mol. The van der Waals surface area contributed by atoms with Gasteiger partial charge in [-0.05, 0) is 36.6 Å². The number of benzene rings is 2. The van der Waals surface area contributed by atoms with Crippen molar-refractivity contribution in [3.05, 3.63) is 70.7 Å². The van der Waals surface area contributed by atoms with E-state index in [-0.39, 0.29) is 10.5 Å². The van der Waals surface area contributed by atoms with Crippen molar-refractivity contribution in [2.24, 2.45) is 0 Å². The molecule has 1 saturated heterocycles. The summed E-state index contributed by atoms with van der Waals surface area (Å²) in [6.45, 7) is 1.04. The number of carbonyl (C=O) groups is 1. The molecule has 162 valence electrons. The molecular formula is C21H22N4O3S3. The molecule has 2 heterocycles. The molecule has 3 aromatic rings. The Labute approximate surface area is 189 Å². The molecule has 2 aromatic carbocycles. The van der Waals surface area contributed by atoms with Crippen molar-refractivity contribution in [3.63, 3.8) is 0 Å². The Morgan fingerprint density at radius 3 is 2.58 bits per heavy atom. The van der Waals surface area contributed by atoms with Crippen LogP contribution in [0, 0.1) is 0 Å². The summed E-state index contributed by atoms with van der Waals surface area (Å²) in [5.74, 6) is 1.17. The Kier molecular flexibility index (Phi) is 7.01. The summed E-state index contributed by atoms with van der Waals surface area (Å²) in [6.07, 6.45) is 1.73. The fraction of sp³-hybridized carbons (Fsp3) is 0.286. The number of aromatic nitrogens is 2. The van der Waals surface area contributed by atoms with E-state index in [4.69, 9.17) is 0 Å². The molecular weight excluding hydrogens is 452 g/mol. The fourth-order valence-corrected chi connectivity index (χ4v) is 6.58. The molecule has 1 aromatic heterocycles. The molecule has 0 spiro atoms. The third kappa shape index (κ3) is 5.51. The molecule has 4 rings (SSSR count). The summed E-state index contributed by atoms with van der Waals surface area (Å²) in [7, 11) is -3.57. The van der Waals surface area contributed by atoms with Gasteiger partial charge in [0.05, 0.1) is 4.90 Å². The first-order valence-corrected chi connectivity index (χ1v) is 13.3. The summed E-state index contributed by atoms with van der Waals surface area (Å²) in [4.78, 5) is 12.8. The second-order valence-electron chi connectivity index (χ2n) is 7.07. The highest BCUT2D eigenvalue weighted by Gasteiger charge is 2.27. The Balaban J connectivity index is 1.36. The van der Waals surface area contributed by atoms with Crippen LogP contribution in [0.25, 0.3) is 0 Å². The van der Waals surface area contributed by atoms with Crippen LogP contribution in [0.4, 0.5) is 5.13 Å². The second kappa shape index (κ2) is 9.90. The average molecular weight is 475 g/mol. The summed E-state index contributed by atoms with van der Waals surface area (Å²) >= 11 is 3.05. The summed E-state index contributed by atoms with van der Waals surface area (Å²) < 4.78 is 27.0. The first-order valence-electron chi connectivity index (χ1n) is 9.88. The van der Waals surface area contributed by atoms with Gasteiger partial charge in [-0.25, -0.2) is 8.42 Å². The topological polar surface area (TPSA) is 92.3 Å². The number of thioether (sulfide) groups is 1. The van der Waals surface area contributed by atoms with E-state index in [0.29, 0.717) is 24.0 Å². The van der Waals surface area contributed by atoms with Gasteiger partial charge in [0.15, 0.2) is 0 Å². The van der Waals surface area contributed by atoms with Gasteiger partial charge in [0.2, 0.25) is 15.2 Å². The number of hydrogen-bond donors (Lipinski definition) is 1. The van der Waals surface area contributed by atoms with E-state index >= 15 is 0 Å². The van der Waals surface area contributed by atoms with E-state index in [1.807, 2.05) is 18.2 Å². The summed E-state index contributed by atoms with van der Waals surface area (Å²) in [5, 5.41) is 12.1. The smallest absolute Gasteiger partial charge is 0.257 e. The molecule has 1 aliphatic rings. The molecule has 1 amide bonds. The van der Waals surface area contributed by atoms with Crippen LogP contribution in [0.15, 0.2) is 59.5 Å². The van der Waals surface area contributed by atoms with Crippen LogP contribution in [-0.2, 0) is 21.5 Å². The molecule has 1 fully saturated rings.